The molecule has 0 aliphatic heterocycles. The molecule has 3 aromatic rings. The van der Waals surface area contributed by atoms with Crippen LogP contribution in [0, 0.1) is 0 Å². The summed E-state index contributed by atoms with van der Waals surface area (Å²) < 4.78 is 9.98. The van der Waals surface area contributed by atoms with Crippen molar-refractivity contribution in [3.63, 3.8) is 0 Å². The summed E-state index contributed by atoms with van der Waals surface area (Å²) in [6, 6.07) is 18.5. The second kappa shape index (κ2) is 8.51. The Hall–Kier alpha value is -3.12. The number of ether oxygens (including phenoxy) is 2. The van der Waals surface area contributed by atoms with Crippen molar-refractivity contribution in [2.24, 2.45) is 0 Å². The van der Waals surface area contributed by atoms with E-state index in [1.807, 2.05) is 54.6 Å². The zero-order valence-corrected chi connectivity index (χ0v) is 15.8. The first-order valence-corrected chi connectivity index (χ1v) is 9.12. The van der Waals surface area contributed by atoms with Crippen LogP contribution in [0.3, 0.4) is 0 Å². The van der Waals surface area contributed by atoms with Crippen LogP contribution in [0.4, 0.5) is 5.69 Å². The highest BCUT2D eigenvalue weighted by Crippen LogP contribution is 2.34. The minimum absolute atomic E-state index is 0.104. The van der Waals surface area contributed by atoms with Gasteiger partial charge in [0.1, 0.15) is 5.75 Å². The SMILES string of the molecule is COC(=O)Cc1cc(C(=O)Nc2ccccc2)sc1-c1ccc(OC)cc1. The monoisotopic (exact) mass is 381 g/mol. The van der Waals surface area contributed by atoms with Gasteiger partial charge in [-0.3, -0.25) is 9.59 Å². The van der Waals surface area contributed by atoms with Crippen LogP contribution in [-0.4, -0.2) is 26.1 Å². The second-order valence-corrected chi connectivity index (χ2v) is 6.82. The number of para-hydroxylation sites is 1. The summed E-state index contributed by atoms with van der Waals surface area (Å²) >= 11 is 1.35. The molecule has 1 amide bonds. The zero-order chi connectivity index (χ0) is 19.2. The molecule has 2 aromatic carbocycles. The fourth-order valence-corrected chi connectivity index (χ4v) is 3.68. The first kappa shape index (κ1) is 18.7. The van der Waals surface area contributed by atoms with Gasteiger partial charge in [0.25, 0.3) is 5.91 Å². The molecule has 0 spiro atoms. The van der Waals surface area contributed by atoms with Gasteiger partial charge in [-0.25, -0.2) is 0 Å². The molecule has 0 atom stereocenters. The van der Waals surface area contributed by atoms with Crippen LogP contribution in [0.2, 0.25) is 0 Å². The Kier molecular flexibility index (Phi) is 5.88. The lowest BCUT2D eigenvalue weighted by Crippen LogP contribution is -2.10. The number of esters is 1. The van der Waals surface area contributed by atoms with Crippen molar-refractivity contribution in [1.29, 1.82) is 0 Å². The summed E-state index contributed by atoms with van der Waals surface area (Å²) in [6.45, 7) is 0. The molecule has 6 heteroatoms. The number of anilines is 1. The fourth-order valence-electron chi connectivity index (χ4n) is 2.60. The van der Waals surface area contributed by atoms with Gasteiger partial charge in [0, 0.05) is 10.6 Å². The molecule has 27 heavy (non-hydrogen) atoms. The predicted molar refractivity (Wildman–Crippen MR) is 106 cm³/mol. The molecule has 1 N–H and O–H groups in total. The van der Waals surface area contributed by atoms with E-state index in [1.165, 1.54) is 18.4 Å². The van der Waals surface area contributed by atoms with E-state index >= 15 is 0 Å². The van der Waals surface area contributed by atoms with Crippen molar-refractivity contribution >= 4 is 28.9 Å². The van der Waals surface area contributed by atoms with E-state index < -0.39 is 0 Å². The van der Waals surface area contributed by atoms with Crippen molar-refractivity contribution < 1.29 is 19.1 Å². The largest absolute Gasteiger partial charge is 0.497 e. The highest BCUT2D eigenvalue weighted by Gasteiger charge is 2.18. The van der Waals surface area contributed by atoms with E-state index in [0.29, 0.717) is 4.88 Å². The minimum atomic E-state index is -0.349. The standard InChI is InChI=1S/C21H19NO4S/c1-25-17-10-8-14(9-11-17)20-15(13-19(23)26-2)12-18(27-20)21(24)22-16-6-4-3-5-7-16/h3-12H,13H2,1-2H3,(H,22,24). The maximum Gasteiger partial charge on any atom is 0.310 e. The quantitative estimate of drug-likeness (QED) is 0.643. The molecule has 138 valence electrons. The summed E-state index contributed by atoms with van der Waals surface area (Å²) in [5.74, 6) is 0.182. The number of methoxy groups -OCH3 is 2. The van der Waals surface area contributed by atoms with Crippen LogP contribution in [0.25, 0.3) is 10.4 Å². The Balaban J connectivity index is 1.93. The average molecular weight is 381 g/mol. The van der Waals surface area contributed by atoms with Crippen LogP contribution in [0.5, 0.6) is 5.75 Å². The van der Waals surface area contributed by atoms with E-state index in [-0.39, 0.29) is 18.3 Å². The topological polar surface area (TPSA) is 64.6 Å². The van der Waals surface area contributed by atoms with Crippen LogP contribution >= 0.6 is 11.3 Å². The van der Waals surface area contributed by atoms with Gasteiger partial charge in [-0.05, 0) is 53.6 Å². The van der Waals surface area contributed by atoms with Gasteiger partial charge >= 0.3 is 5.97 Å². The molecular formula is C21H19NO4S. The van der Waals surface area contributed by atoms with Gasteiger partial charge < -0.3 is 14.8 Å². The average Bonchev–Trinajstić information content (AvgIpc) is 3.12. The van der Waals surface area contributed by atoms with Crippen LogP contribution in [0.15, 0.2) is 60.7 Å². The van der Waals surface area contributed by atoms with Gasteiger partial charge in [0.2, 0.25) is 0 Å². The van der Waals surface area contributed by atoms with Gasteiger partial charge in [0.05, 0.1) is 25.5 Å². The van der Waals surface area contributed by atoms with Crippen molar-refractivity contribution in [2.45, 2.75) is 6.42 Å². The molecule has 0 bridgehead atoms. The maximum atomic E-state index is 12.6. The van der Waals surface area contributed by atoms with E-state index in [9.17, 15) is 9.59 Å². The molecular weight excluding hydrogens is 362 g/mol. The van der Waals surface area contributed by atoms with E-state index in [0.717, 1.165) is 27.4 Å². The number of nitrogens with one attached hydrogen (secondary N) is 1. The van der Waals surface area contributed by atoms with Crippen molar-refractivity contribution in [2.75, 3.05) is 19.5 Å². The van der Waals surface area contributed by atoms with Gasteiger partial charge in [-0.1, -0.05) is 18.2 Å². The number of benzene rings is 2. The van der Waals surface area contributed by atoms with Gasteiger partial charge in [-0.15, -0.1) is 11.3 Å². The minimum Gasteiger partial charge on any atom is -0.497 e. The Morgan fingerprint density at radius 2 is 1.70 bits per heavy atom. The number of hydrogen-bond acceptors (Lipinski definition) is 5. The van der Waals surface area contributed by atoms with Crippen LogP contribution < -0.4 is 10.1 Å². The third-order valence-electron chi connectivity index (χ3n) is 3.98. The maximum absolute atomic E-state index is 12.6. The molecule has 0 aliphatic carbocycles. The van der Waals surface area contributed by atoms with E-state index in [4.69, 9.17) is 9.47 Å². The predicted octanol–water partition coefficient (Wildman–Crippen LogP) is 4.39. The number of rotatable bonds is 6. The molecule has 5 nitrogen and oxygen atoms in total. The van der Waals surface area contributed by atoms with Crippen LogP contribution in [-0.2, 0) is 16.0 Å². The lowest BCUT2D eigenvalue weighted by molar-refractivity contribution is -0.139. The summed E-state index contributed by atoms with van der Waals surface area (Å²) in [4.78, 5) is 25.8. The van der Waals surface area contributed by atoms with Crippen LogP contribution in [0.1, 0.15) is 15.2 Å². The third kappa shape index (κ3) is 4.54. The molecule has 0 fully saturated rings. The highest BCUT2D eigenvalue weighted by molar-refractivity contribution is 7.17. The third-order valence-corrected chi connectivity index (χ3v) is 5.20. The molecule has 0 radical (unpaired) electrons. The first-order valence-electron chi connectivity index (χ1n) is 8.31. The number of carbonyl (C=O) groups excluding carboxylic acids is 2. The second-order valence-electron chi connectivity index (χ2n) is 5.77. The molecule has 0 unspecified atom stereocenters. The molecule has 0 aliphatic rings. The number of hydrogen-bond donors (Lipinski definition) is 1. The zero-order valence-electron chi connectivity index (χ0n) is 15.0. The summed E-state index contributed by atoms with van der Waals surface area (Å²) in [6.07, 6.45) is 0.104. The summed E-state index contributed by atoms with van der Waals surface area (Å²) in [7, 11) is 2.96. The lowest BCUT2D eigenvalue weighted by Gasteiger charge is -2.04. The molecule has 1 heterocycles. The Bertz CT molecular complexity index is 933. The number of carbonyl (C=O) groups is 2. The van der Waals surface area contributed by atoms with E-state index in [2.05, 4.69) is 5.32 Å². The van der Waals surface area contributed by atoms with Crippen molar-refractivity contribution in [1.82, 2.24) is 0 Å². The molecule has 0 saturated carbocycles. The van der Waals surface area contributed by atoms with Gasteiger partial charge in [-0.2, -0.15) is 0 Å². The first-order chi connectivity index (χ1) is 13.1. The molecule has 1 aromatic heterocycles. The smallest absolute Gasteiger partial charge is 0.310 e. The van der Waals surface area contributed by atoms with Gasteiger partial charge in [0.15, 0.2) is 0 Å². The number of thiophene rings is 1. The fraction of sp³-hybridized carbons (Fsp3) is 0.143. The summed E-state index contributed by atoms with van der Waals surface area (Å²) in [5.41, 5.74) is 2.39. The molecule has 3 rings (SSSR count). The van der Waals surface area contributed by atoms with Crippen molar-refractivity contribution in [3.8, 4) is 16.2 Å². The Morgan fingerprint density at radius 3 is 2.33 bits per heavy atom. The highest BCUT2D eigenvalue weighted by atomic mass is 32.1. The molecule has 0 saturated heterocycles. The Morgan fingerprint density at radius 1 is 1.00 bits per heavy atom. The van der Waals surface area contributed by atoms with E-state index in [1.54, 1.807) is 13.2 Å². The summed E-state index contributed by atoms with van der Waals surface area (Å²) in [5, 5.41) is 2.87. The number of amides is 1. The van der Waals surface area contributed by atoms with Crippen molar-refractivity contribution in [3.05, 3.63) is 71.1 Å². The Labute approximate surface area is 161 Å². The normalized spacial score (nSPS) is 10.3. The lowest BCUT2D eigenvalue weighted by atomic mass is 10.1.